The van der Waals surface area contributed by atoms with E-state index < -0.39 is 0 Å². The molecule has 1 aromatic carbocycles. The van der Waals surface area contributed by atoms with Gasteiger partial charge in [-0.2, -0.15) is 11.3 Å². The first kappa shape index (κ1) is 18.5. The highest BCUT2D eigenvalue weighted by Gasteiger charge is 2.27. The lowest BCUT2D eigenvalue weighted by Crippen LogP contribution is -2.32. The van der Waals surface area contributed by atoms with Crippen LogP contribution in [0.3, 0.4) is 0 Å². The number of hydrogen-bond donors (Lipinski definition) is 0. The molecule has 4 rings (SSSR count). The Labute approximate surface area is 165 Å². The molecular weight excluding hydrogens is 358 g/mol. The standard InChI is InChI=1S/C22H27NO3S/c1-25-21(16-5-3-2-4-6-16)17-7-8-20-19(13-17)14-23(10-11-26-20)22(24)18-9-12-27-15-18/h7-9,12-13,15-16,21H,2-6,10-11,14H2,1H3/t21-/m0/s1. The summed E-state index contributed by atoms with van der Waals surface area (Å²) in [6.07, 6.45) is 6.51. The van der Waals surface area contributed by atoms with E-state index in [0.29, 0.717) is 25.6 Å². The lowest BCUT2D eigenvalue weighted by molar-refractivity contribution is 0.0353. The Bertz CT molecular complexity index is 768. The second-order valence-electron chi connectivity index (χ2n) is 7.51. The number of rotatable bonds is 4. The van der Waals surface area contributed by atoms with Crippen LogP contribution in [0.5, 0.6) is 5.75 Å². The van der Waals surface area contributed by atoms with Crippen LogP contribution in [0, 0.1) is 5.92 Å². The number of methoxy groups -OCH3 is 1. The number of amides is 1. The van der Waals surface area contributed by atoms with Crippen molar-refractivity contribution in [2.45, 2.75) is 44.8 Å². The van der Waals surface area contributed by atoms with Gasteiger partial charge in [-0.05, 0) is 47.9 Å². The number of carbonyl (C=O) groups excluding carboxylic acids is 1. The van der Waals surface area contributed by atoms with Crippen LogP contribution in [0.15, 0.2) is 35.0 Å². The fourth-order valence-corrected chi connectivity index (χ4v) is 5.00. The largest absolute Gasteiger partial charge is 0.491 e. The third kappa shape index (κ3) is 4.04. The Morgan fingerprint density at radius 1 is 1.26 bits per heavy atom. The average molecular weight is 386 g/mol. The molecule has 27 heavy (non-hydrogen) atoms. The molecule has 0 radical (unpaired) electrons. The van der Waals surface area contributed by atoms with Crippen LogP contribution < -0.4 is 4.74 Å². The number of fused-ring (bicyclic) bond motifs is 1. The number of hydrogen-bond acceptors (Lipinski definition) is 4. The predicted molar refractivity (Wildman–Crippen MR) is 107 cm³/mol. The molecule has 1 aromatic heterocycles. The van der Waals surface area contributed by atoms with Crippen molar-refractivity contribution in [3.05, 3.63) is 51.7 Å². The molecule has 0 saturated heterocycles. The Morgan fingerprint density at radius 2 is 2.11 bits per heavy atom. The van der Waals surface area contributed by atoms with Crippen molar-refractivity contribution < 1.29 is 14.3 Å². The summed E-state index contributed by atoms with van der Waals surface area (Å²) in [5.74, 6) is 1.54. The normalized spacial score (nSPS) is 19.1. The Hall–Kier alpha value is -1.85. The number of carbonyl (C=O) groups is 1. The molecular formula is C22H27NO3S. The maximum Gasteiger partial charge on any atom is 0.255 e. The van der Waals surface area contributed by atoms with Gasteiger partial charge in [0.25, 0.3) is 5.91 Å². The first-order valence-corrected chi connectivity index (χ1v) is 10.8. The highest BCUT2D eigenvalue weighted by molar-refractivity contribution is 7.08. The summed E-state index contributed by atoms with van der Waals surface area (Å²) in [5, 5.41) is 3.86. The molecule has 2 aromatic rings. The third-order valence-corrected chi connectivity index (χ3v) is 6.46. The van der Waals surface area contributed by atoms with Crippen LogP contribution in [0.1, 0.15) is 59.7 Å². The van der Waals surface area contributed by atoms with E-state index >= 15 is 0 Å². The summed E-state index contributed by atoms with van der Waals surface area (Å²) < 4.78 is 11.8. The van der Waals surface area contributed by atoms with Gasteiger partial charge >= 0.3 is 0 Å². The second kappa shape index (κ2) is 8.44. The first-order valence-electron chi connectivity index (χ1n) is 9.86. The maximum absolute atomic E-state index is 12.8. The minimum atomic E-state index is 0.0775. The van der Waals surface area contributed by atoms with Crippen LogP contribution in [0.25, 0.3) is 0 Å². The van der Waals surface area contributed by atoms with Gasteiger partial charge in [-0.15, -0.1) is 0 Å². The molecule has 1 saturated carbocycles. The molecule has 4 nitrogen and oxygen atoms in total. The minimum absolute atomic E-state index is 0.0775. The molecule has 5 heteroatoms. The summed E-state index contributed by atoms with van der Waals surface area (Å²) in [6, 6.07) is 8.27. The fraction of sp³-hybridized carbons (Fsp3) is 0.500. The molecule has 0 N–H and O–H groups in total. The van der Waals surface area contributed by atoms with Gasteiger partial charge in [-0.25, -0.2) is 0 Å². The Morgan fingerprint density at radius 3 is 2.85 bits per heavy atom. The van der Waals surface area contributed by atoms with E-state index in [4.69, 9.17) is 9.47 Å². The molecule has 1 fully saturated rings. The van der Waals surface area contributed by atoms with Gasteiger partial charge in [0.15, 0.2) is 0 Å². The van der Waals surface area contributed by atoms with E-state index in [0.717, 1.165) is 16.9 Å². The van der Waals surface area contributed by atoms with Gasteiger partial charge in [-0.1, -0.05) is 25.3 Å². The molecule has 1 aliphatic carbocycles. The molecule has 1 atom stereocenters. The van der Waals surface area contributed by atoms with Gasteiger partial charge in [0.1, 0.15) is 12.4 Å². The van der Waals surface area contributed by atoms with Gasteiger partial charge in [0.05, 0.1) is 18.2 Å². The van der Waals surface area contributed by atoms with Crippen molar-refractivity contribution >= 4 is 17.2 Å². The highest BCUT2D eigenvalue weighted by atomic mass is 32.1. The molecule has 1 amide bonds. The monoisotopic (exact) mass is 385 g/mol. The average Bonchev–Trinajstić information content (AvgIpc) is 3.16. The Kier molecular flexibility index (Phi) is 5.79. The van der Waals surface area contributed by atoms with Gasteiger partial charge in [0, 0.05) is 24.6 Å². The molecule has 0 bridgehead atoms. The van der Waals surface area contributed by atoms with E-state index in [9.17, 15) is 4.79 Å². The summed E-state index contributed by atoms with van der Waals surface area (Å²) >= 11 is 1.55. The smallest absolute Gasteiger partial charge is 0.255 e. The summed E-state index contributed by atoms with van der Waals surface area (Å²) in [4.78, 5) is 14.7. The van der Waals surface area contributed by atoms with E-state index in [-0.39, 0.29) is 12.0 Å². The summed E-state index contributed by atoms with van der Waals surface area (Å²) in [7, 11) is 1.81. The van der Waals surface area contributed by atoms with Gasteiger partial charge < -0.3 is 14.4 Å². The van der Waals surface area contributed by atoms with Crippen molar-refractivity contribution in [2.75, 3.05) is 20.3 Å². The zero-order valence-corrected chi connectivity index (χ0v) is 16.7. The number of ether oxygens (including phenoxy) is 2. The SMILES string of the molecule is CO[C@H](c1ccc2c(c1)CN(C(=O)c1ccsc1)CCO2)C1CCCCC1. The fourth-order valence-electron chi connectivity index (χ4n) is 4.37. The van der Waals surface area contributed by atoms with Crippen LogP contribution in [-0.2, 0) is 11.3 Å². The maximum atomic E-state index is 12.8. The zero-order valence-electron chi connectivity index (χ0n) is 15.9. The lowest BCUT2D eigenvalue weighted by Gasteiger charge is -2.30. The van der Waals surface area contributed by atoms with E-state index in [1.807, 2.05) is 28.8 Å². The summed E-state index contributed by atoms with van der Waals surface area (Å²) in [5.41, 5.74) is 3.04. The Balaban J connectivity index is 1.57. The van der Waals surface area contributed by atoms with Crippen LogP contribution in [0.4, 0.5) is 0 Å². The second-order valence-corrected chi connectivity index (χ2v) is 8.29. The molecule has 0 spiro atoms. The lowest BCUT2D eigenvalue weighted by atomic mass is 9.82. The topological polar surface area (TPSA) is 38.8 Å². The van der Waals surface area contributed by atoms with Crippen molar-refractivity contribution in [1.82, 2.24) is 4.90 Å². The van der Waals surface area contributed by atoms with E-state index in [2.05, 4.69) is 18.2 Å². The summed E-state index contributed by atoms with van der Waals surface area (Å²) in [6.45, 7) is 1.71. The van der Waals surface area contributed by atoms with Crippen molar-refractivity contribution in [2.24, 2.45) is 5.92 Å². The third-order valence-electron chi connectivity index (χ3n) is 5.78. The first-order chi connectivity index (χ1) is 13.3. The molecule has 2 aliphatic rings. The minimum Gasteiger partial charge on any atom is -0.491 e. The molecule has 2 heterocycles. The van der Waals surface area contributed by atoms with E-state index in [1.165, 1.54) is 37.7 Å². The van der Waals surface area contributed by atoms with Crippen LogP contribution >= 0.6 is 11.3 Å². The molecule has 1 aliphatic heterocycles. The van der Waals surface area contributed by atoms with Crippen molar-refractivity contribution in [3.63, 3.8) is 0 Å². The number of nitrogens with zero attached hydrogens (tertiary/aromatic N) is 1. The van der Waals surface area contributed by atoms with Crippen LogP contribution in [-0.4, -0.2) is 31.1 Å². The predicted octanol–water partition coefficient (Wildman–Crippen LogP) is 5.05. The zero-order chi connectivity index (χ0) is 18.6. The quantitative estimate of drug-likeness (QED) is 0.739. The van der Waals surface area contributed by atoms with Crippen molar-refractivity contribution in [1.29, 1.82) is 0 Å². The van der Waals surface area contributed by atoms with E-state index in [1.54, 1.807) is 11.3 Å². The highest BCUT2D eigenvalue weighted by Crippen LogP contribution is 2.38. The number of thiophene rings is 1. The van der Waals surface area contributed by atoms with Crippen LogP contribution in [0.2, 0.25) is 0 Å². The van der Waals surface area contributed by atoms with Gasteiger partial charge in [0.2, 0.25) is 0 Å². The molecule has 0 unspecified atom stereocenters. The van der Waals surface area contributed by atoms with Crippen molar-refractivity contribution in [3.8, 4) is 5.75 Å². The van der Waals surface area contributed by atoms with Gasteiger partial charge in [-0.3, -0.25) is 4.79 Å². The molecule has 144 valence electrons. The number of benzene rings is 1.